The number of ether oxygens (including phenoxy) is 1. The van der Waals surface area contributed by atoms with E-state index >= 15 is 0 Å². The van der Waals surface area contributed by atoms with Gasteiger partial charge in [-0.2, -0.15) is 9.97 Å². The molecule has 1 N–H and O–H groups in total. The number of carbonyl (C=O) groups excluding carboxylic acids is 1. The maximum Gasteiger partial charge on any atom is 0.258 e. The molecule has 1 atom stereocenters. The van der Waals surface area contributed by atoms with Crippen LogP contribution < -0.4 is 5.32 Å². The van der Waals surface area contributed by atoms with Gasteiger partial charge in [0.25, 0.3) is 5.91 Å². The van der Waals surface area contributed by atoms with Crippen molar-refractivity contribution in [2.75, 3.05) is 11.9 Å². The van der Waals surface area contributed by atoms with Gasteiger partial charge in [0.2, 0.25) is 5.95 Å². The van der Waals surface area contributed by atoms with Gasteiger partial charge in [-0.05, 0) is 38.8 Å². The van der Waals surface area contributed by atoms with E-state index < -0.39 is 5.60 Å². The summed E-state index contributed by atoms with van der Waals surface area (Å²) in [6, 6.07) is 5.48. The lowest BCUT2D eigenvalue weighted by atomic mass is 10.0. The van der Waals surface area contributed by atoms with Crippen LogP contribution in [0.3, 0.4) is 0 Å². The Kier molecular flexibility index (Phi) is 3.81. The zero-order valence-corrected chi connectivity index (χ0v) is 12.5. The fraction of sp³-hybridized carbons (Fsp3) is 0.400. The summed E-state index contributed by atoms with van der Waals surface area (Å²) < 4.78 is 5.52. The third-order valence-electron chi connectivity index (χ3n) is 3.57. The number of rotatable bonds is 3. The van der Waals surface area contributed by atoms with Gasteiger partial charge < -0.3 is 4.74 Å². The number of nitrogens with one attached hydrogen (secondary N) is 1. The average Bonchev–Trinajstić information content (AvgIpc) is 2.96. The molecule has 0 aromatic carbocycles. The van der Waals surface area contributed by atoms with Crippen LogP contribution in [0.5, 0.6) is 0 Å². The minimum Gasteiger partial charge on any atom is -0.365 e. The van der Waals surface area contributed by atoms with E-state index in [9.17, 15) is 4.79 Å². The summed E-state index contributed by atoms with van der Waals surface area (Å²) in [5.41, 5.74) is -0.182. The summed E-state index contributed by atoms with van der Waals surface area (Å²) in [7, 11) is 0. The Hall–Kier alpha value is -2.41. The molecule has 0 saturated carbocycles. The predicted molar refractivity (Wildman–Crippen MR) is 80.0 cm³/mol. The van der Waals surface area contributed by atoms with Gasteiger partial charge in [-0.3, -0.25) is 15.1 Å². The molecule has 1 aliphatic rings. The smallest absolute Gasteiger partial charge is 0.258 e. The van der Waals surface area contributed by atoms with Crippen molar-refractivity contribution in [3.8, 4) is 11.5 Å². The van der Waals surface area contributed by atoms with Crippen molar-refractivity contribution in [1.82, 2.24) is 19.9 Å². The highest BCUT2D eigenvalue weighted by Crippen LogP contribution is 2.26. The number of pyridine rings is 1. The number of aryl methyl sites for hydroxylation is 1. The van der Waals surface area contributed by atoms with Crippen LogP contribution in [0.4, 0.5) is 5.95 Å². The molecule has 22 heavy (non-hydrogen) atoms. The highest BCUT2D eigenvalue weighted by molar-refractivity contribution is 5.96. The van der Waals surface area contributed by atoms with Crippen molar-refractivity contribution >= 4 is 11.9 Å². The molecule has 114 valence electrons. The van der Waals surface area contributed by atoms with E-state index in [4.69, 9.17) is 4.74 Å². The average molecular weight is 299 g/mol. The fourth-order valence-corrected chi connectivity index (χ4v) is 2.34. The van der Waals surface area contributed by atoms with E-state index in [1.54, 1.807) is 20.0 Å². The molecule has 1 aliphatic heterocycles. The minimum atomic E-state index is -0.814. The minimum absolute atomic E-state index is 0.217. The van der Waals surface area contributed by atoms with Crippen molar-refractivity contribution in [2.24, 2.45) is 0 Å². The number of anilines is 1. The Bertz CT molecular complexity index is 684. The van der Waals surface area contributed by atoms with Crippen LogP contribution in [0.15, 0.2) is 24.4 Å². The molecule has 7 heteroatoms. The van der Waals surface area contributed by atoms with E-state index in [0.717, 1.165) is 6.42 Å². The van der Waals surface area contributed by atoms with Crippen LogP contribution in [0, 0.1) is 6.92 Å². The zero-order chi connectivity index (χ0) is 15.6. The molecule has 3 rings (SSSR count). The lowest BCUT2D eigenvalue weighted by molar-refractivity contribution is -0.133. The van der Waals surface area contributed by atoms with Gasteiger partial charge >= 0.3 is 0 Å². The van der Waals surface area contributed by atoms with Crippen LogP contribution in [-0.4, -0.2) is 38.1 Å². The normalized spacial score (nSPS) is 20.8. The first-order valence-electron chi connectivity index (χ1n) is 7.16. The van der Waals surface area contributed by atoms with E-state index in [1.807, 2.05) is 18.2 Å². The highest BCUT2D eigenvalue weighted by Gasteiger charge is 2.38. The first-order chi connectivity index (χ1) is 10.6. The lowest BCUT2D eigenvalue weighted by Crippen LogP contribution is -2.39. The lowest BCUT2D eigenvalue weighted by Gasteiger charge is -2.21. The van der Waals surface area contributed by atoms with Crippen LogP contribution in [-0.2, 0) is 9.53 Å². The second-order valence-electron chi connectivity index (χ2n) is 5.38. The fourth-order valence-electron chi connectivity index (χ4n) is 2.34. The van der Waals surface area contributed by atoms with Crippen molar-refractivity contribution in [2.45, 2.75) is 32.3 Å². The van der Waals surface area contributed by atoms with E-state index in [2.05, 4.69) is 25.3 Å². The molecule has 1 saturated heterocycles. The quantitative estimate of drug-likeness (QED) is 0.928. The standard InChI is InChI=1S/C15H17N5O2/c1-10-17-12(11-6-3-4-8-16-11)19-14(18-10)20-13(21)15(2)7-5-9-22-15/h3-4,6,8H,5,7,9H2,1-2H3,(H,17,18,19,20,21). The molecule has 1 unspecified atom stereocenters. The Labute approximate surface area is 128 Å². The SMILES string of the molecule is Cc1nc(NC(=O)C2(C)CCCO2)nc(-c2ccccn2)n1. The van der Waals surface area contributed by atoms with Crippen molar-refractivity contribution < 1.29 is 9.53 Å². The summed E-state index contributed by atoms with van der Waals surface area (Å²) in [6.07, 6.45) is 3.23. The molecule has 1 amide bonds. The Morgan fingerprint density at radius 2 is 2.18 bits per heavy atom. The second-order valence-corrected chi connectivity index (χ2v) is 5.38. The van der Waals surface area contributed by atoms with Crippen LogP contribution in [0.2, 0.25) is 0 Å². The van der Waals surface area contributed by atoms with Gasteiger partial charge in [-0.25, -0.2) is 4.98 Å². The maximum absolute atomic E-state index is 12.3. The first kappa shape index (κ1) is 14.5. The summed E-state index contributed by atoms with van der Waals surface area (Å²) in [4.78, 5) is 29.3. The zero-order valence-electron chi connectivity index (χ0n) is 12.5. The van der Waals surface area contributed by atoms with Crippen molar-refractivity contribution in [3.63, 3.8) is 0 Å². The van der Waals surface area contributed by atoms with Gasteiger partial charge in [0, 0.05) is 12.8 Å². The number of hydrogen-bond acceptors (Lipinski definition) is 6. The van der Waals surface area contributed by atoms with Crippen LogP contribution >= 0.6 is 0 Å². The number of amides is 1. The predicted octanol–water partition coefficient (Wildman–Crippen LogP) is 1.75. The largest absolute Gasteiger partial charge is 0.365 e. The summed E-state index contributed by atoms with van der Waals surface area (Å²) >= 11 is 0. The molecule has 7 nitrogen and oxygen atoms in total. The van der Waals surface area contributed by atoms with Gasteiger partial charge in [-0.15, -0.1) is 0 Å². The monoisotopic (exact) mass is 299 g/mol. The van der Waals surface area contributed by atoms with E-state index in [-0.39, 0.29) is 11.9 Å². The number of hydrogen-bond donors (Lipinski definition) is 1. The maximum atomic E-state index is 12.3. The number of carbonyl (C=O) groups is 1. The topological polar surface area (TPSA) is 89.9 Å². The Morgan fingerprint density at radius 1 is 1.32 bits per heavy atom. The van der Waals surface area contributed by atoms with Crippen LogP contribution in [0.25, 0.3) is 11.5 Å². The van der Waals surface area contributed by atoms with Crippen LogP contribution in [0.1, 0.15) is 25.6 Å². The molecular weight excluding hydrogens is 282 g/mol. The third-order valence-corrected chi connectivity index (χ3v) is 3.57. The summed E-state index contributed by atoms with van der Waals surface area (Å²) in [6.45, 7) is 4.12. The van der Waals surface area contributed by atoms with Crippen molar-refractivity contribution in [3.05, 3.63) is 30.2 Å². The number of aromatic nitrogens is 4. The molecule has 2 aromatic rings. The first-order valence-corrected chi connectivity index (χ1v) is 7.16. The second kappa shape index (κ2) is 5.76. The summed E-state index contributed by atoms with van der Waals surface area (Å²) in [5.74, 6) is 0.932. The molecule has 2 aromatic heterocycles. The highest BCUT2D eigenvalue weighted by atomic mass is 16.5. The molecule has 0 spiro atoms. The Balaban J connectivity index is 1.85. The molecule has 3 heterocycles. The number of nitrogens with zero attached hydrogens (tertiary/aromatic N) is 4. The van der Waals surface area contributed by atoms with E-state index in [1.165, 1.54) is 0 Å². The van der Waals surface area contributed by atoms with Gasteiger partial charge in [0.1, 0.15) is 17.1 Å². The van der Waals surface area contributed by atoms with Gasteiger partial charge in [-0.1, -0.05) is 6.07 Å². The third kappa shape index (κ3) is 2.94. The van der Waals surface area contributed by atoms with E-state index in [0.29, 0.717) is 30.4 Å². The van der Waals surface area contributed by atoms with Gasteiger partial charge in [0.15, 0.2) is 5.82 Å². The molecule has 0 bridgehead atoms. The van der Waals surface area contributed by atoms with Crippen molar-refractivity contribution in [1.29, 1.82) is 0 Å². The summed E-state index contributed by atoms with van der Waals surface area (Å²) in [5, 5.41) is 2.72. The molecule has 0 radical (unpaired) electrons. The molecule has 1 fully saturated rings. The Morgan fingerprint density at radius 3 is 2.86 bits per heavy atom. The molecule has 0 aliphatic carbocycles. The molecular formula is C15H17N5O2. The van der Waals surface area contributed by atoms with Gasteiger partial charge in [0.05, 0.1) is 0 Å².